The van der Waals surface area contributed by atoms with Crippen molar-refractivity contribution in [3.63, 3.8) is 0 Å². The van der Waals surface area contributed by atoms with Crippen molar-refractivity contribution in [2.24, 2.45) is 0 Å². The maximum atomic E-state index is 10.4. The predicted octanol–water partition coefficient (Wildman–Crippen LogP) is 3.08. The van der Waals surface area contributed by atoms with Gasteiger partial charge < -0.3 is 10.4 Å². The van der Waals surface area contributed by atoms with Crippen LogP contribution < -0.4 is 5.32 Å². The quantitative estimate of drug-likeness (QED) is 0.825. The normalized spacial score (nSPS) is 20.6. The Labute approximate surface area is 114 Å². The van der Waals surface area contributed by atoms with Gasteiger partial charge in [0.25, 0.3) is 0 Å². The van der Waals surface area contributed by atoms with Gasteiger partial charge in [-0.2, -0.15) is 0 Å². The minimum Gasteiger partial charge on any atom is -0.389 e. The number of halogens is 1. The van der Waals surface area contributed by atoms with Crippen molar-refractivity contribution in [1.29, 1.82) is 0 Å². The Morgan fingerprint density at radius 2 is 2.17 bits per heavy atom. The number of nitrogens with one attached hydrogen (secondary N) is 1. The van der Waals surface area contributed by atoms with Gasteiger partial charge in [0.15, 0.2) is 0 Å². The van der Waals surface area contributed by atoms with Crippen LogP contribution in [0.3, 0.4) is 0 Å². The summed E-state index contributed by atoms with van der Waals surface area (Å²) in [6.45, 7) is 2.73. The monoisotopic (exact) mass is 268 g/mol. The molecule has 0 amide bonds. The molecule has 1 aromatic heterocycles. The van der Waals surface area contributed by atoms with Crippen LogP contribution in [0.15, 0.2) is 18.3 Å². The van der Waals surface area contributed by atoms with Crippen molar-refractivity contribution in [3.8, 4) is 0 Å². The van der Waals surface area contributed by atoms with Crippen molar-refractivity contribution in [2.45, 2.75) is 50.7 Å². The molecule has 2 rings (SSSR count). The Morgan fingerprint density at radius 1 is 1.44 bits per heavy atom. The molecule has 2 N–H and O–H groups in total. The zero-order valence-electron chi connectivity index (χ0n) is 10.8. The Hall–Kier alpha value is -0.640. The lowest BCUT2D eigenvalue weighted by molar-refractivity contribution is 0.00300. The van der Waals surface area contributed by atoms with E-state index in [4.69, 9.17) is 11.6 Å². The topological polar surface area (TPSA) is 45.1 Å². The maximum Gasteiger partial charge on any atom is 0.129 e. The van der Waals surface area contributed by atoms with Gasteiger partial charge in [-0.15, -0.1) is 0 Å². The Balaban J connectivity index is 1.89. The number of aromatic nitrogens is 1. The Bertz CT molecular complexity index is 391. The van der Waals surface area contributed by atoms with E-state index < -0.39 is 5.60 Å². The highest BCUT2D eigenvalue weighted by Gasteiger charge is 2.29. The summed E-state index contributed by atoms with van der Waals surface area (Å²) in [6, 6.07) is 4.00. The third kappa shape index (κ3) is 3.67. The van der Waals surface area contributed by atoms with Crippen molar-refractivity contribution < 1.29 is 5.11 Å². The number of hydrogen-bond donors (Lipinski definition) is 2. The van der Waals surface area contributed by atoms with E-state index in [2.05, 4.69) is 17.2 Å². The number of aliphatic hydroxyl groups is 1. The van der Waals surface area contributed by atoms with Crippen LogP contribution in [0.4, 0.5) is 0 Å². The molecule has 1 aliphatic carbocycles. The molecule has 0 aliphatic heterocycles. The van der Waals surface area contributed by atoms with Gasteiger partial charge >= 0.3 is 0 Å². The summed E-state index contributed by atoms with van der Waals surface area (Å²) in [7, 11) is 0. The molecular weight excluding hydrogens is 248 g/mol. The molecule has 0 radical (unpaired) electrons. The first-order chi connectivity index (χ1) is 8.59. The van der Waals surface area contributed by atoms with Gasteiger partial charge in [0.1, 0.15) is 5.15 Å². The average Bonchev–Trinajstić information content (AvgIpc) is 2.37. The van der Waals surface area contributed by atoms with Crippen molar-refractivity contribution >= 4 is 11.6 Å². The second-order valence-electron chi connectivity index (χ2n) is 5.30. The number of pyridine rings is 1. The van der Waals surface area contributed by atoms with Crippen molar-refractivity contribution in [1.82, 2.24) is 10.3 Å². The fourth-order valence-corrected chi connectivity index (χ4v) is 2.72. The van der Waals surface area contributed by atoms with E-state index in [1.54, 1.807) is 6.20 Å². The third-order valence-corrected chi connectivity index (χ3v) is 3.98. The molecule has 1 aromatic rings. The summed E-state index contributed by atoms with van der Waals surface area (Å²) in [5, 5.41) is 14.3. The van der Waals surface area contributed by atoms with Gasteiger partial charge in [-0.1, -0.05) is 30.9 Å². The number of nitrogens with zero attached hydrogens (tertiary/aromatic N) is 1. The highest BCUT2D eigenvalue weighted by Crippen LogP contribution is 2.28. The van der Waals surface area contributed by atoms with Crippen LogP contribution in [0.1, 0.15) is 50.6 Å². The SMILES string of the molecule is CC(NCC1(O)CCCCC1)c1ccnc(Cl)c1. The van der Waals surface area contributed by atoms with Crippen LogP contribution >= 0.6 is 11.6 Å². The minimum atomic E-state index is -0.524. The molecule has 1 atom stereocenters. The van der Waals surface area contributed by atoms with Crippen LogP contribution in [-0.2, 0) is 0 Å². The highest BCUT2D eigenvalue weighted by atomic mass is 35.5. The lowest BCUT2D eigenvalue weighted by Gasteiger charge is -2.33. The van der Waals surface area contributed by atoms with E-state index in [-0.39, 0.29) is 6.04 Å². The standard InChI is InChI=1S/C14H21ClN2O/c1-11(12-5-8-16-13(15)9-12)17-10-14(18)6-3-2-4-7-14/h5,8-9,11,17-18H,2-4,6-7,10H2,1H3. The minimum absolute atomic E-state index is 0.177. The van der Waals surface area contributed by atoms with E-state index in [9.17, 15) is 5.11 Å². The van der Waals surface area contributed by atoms with Crippen LogP contribution in [-0.4, -0.2) is 22.2 Å². The summed E-state index contributed by atoms with van der Waals surface area (Å²) < 4.78 is 0. The van der Waals surface area contributed by atoms with Gasteiger partial charge in [0.05, 0.1) is 5.60 Å². The lowest BCUT2D eigenvalue weighted by atomic mass is 9.84. The van der Waals surface area contributed by atoms with Gasteiger partial charge in [-0.3, -0.25) is 0 Å². The van der Waals surface area contributed by atoms with E-state index in [1.807, 2.05) is 12.1 Å². The molecular formula is C14H21ClN2O. The Morgan fingerprint density at radius 3 is 2.83 bits per heavy atom. The van der Waals surface area contributed by atoms with E-state index in [0.29, 0.717) is 11.7 Å². The number of hydrogen-bond acceptors (Lipinski definition) is 3. The second-order valence-corrected chi connectivity index (χ2v) is 5.69. The van der Waals surface area contributed by atoms with Crippen LogP contribution in [0.2, 0.25) is 5.15 Å². The molecule has 1 aliphatic rings. The van der Waals surface area contributed by atoms with Crippen LogP contribution in [0, 0.1) is 0 Å². The first kappa shape index (κ1) is 13.8. The highest BCUT2D eigenvalue weighted by molar-refractivity contribution is 6.29. The first-order valence-electron chi connectivity index (χ1n) is 6.66. The smallest absolute Gasteiger partial charge is 0.129 e. The Kier molecular flexibility index (Phi) is 4.60. The molecule has 0 saturated heterocycles. The van der Waals surface area contributed by atoms with Crippen LogP contribution in [0.5, 0.6) is 0 Å². The summed E-state index contributed by atoms with van der Waals surface area (Å²) in [5.41, 5.74) is 0.581. The second kappa shape index (κ2) is 6.00. The van der Waals surface area contributed by atoms with Gasteiger partial charge in [0.2, 0.25) is 0 Å². The summed E-state index contributed by atoms with van der Waals surface area (Å²) in [5.74, 6) is 0. The summed E-state index contributed by atoms with van der Waals surface area (Å²) >= 11 is 5.88. The van der Waals surface area contributed by atoms with Crippen molar-refractivity contribution in [2.75, 3.05) is 6.54 Å². The fourth-order valence-electron chi connectivity index (χ4n) is 2.53. The third-order valence-electron chi connectivity index (χ3n) is 3.77. The molecule has 3 nitrogen and oxygen atoms in total. The summed E-state index contributed by atoms with van der Waals surface area (Å²) in [6.07, 6.45) is 7.04. The zero-order valence-corrected chi connectivity index (χ0v) is 11.6. The molecule has 1 saturated carbocycles. The molecule has 1 heterocycles. The van der Waals surface area contributed by atoms with E-state index in [1.165, 1.54) is 6.42 Å². The molecule has 18 heavy (non-hydrogen) atoms. The molecule has 0 bridgehead atoms. The summed E-state index contributed by atoms with van der Waals surface area (Å²) in [4.78, 5) is 3.97. The van der Waals surface area contributed by atoms with E-state index >= 15 is 0 Å². The molecule has 4 heteroatoms. The number of rotatable bonds is 4. The van der Waals surface area contributed by atoms with Crippen LogP contribution in [0.25, 0.3) is 0 Å². The lowest BCUT2D eigenvalue weighted by Crippen LogP contribution is -2.42. The van der Waals surface area contributed by atoms with Gasteiger partial charge in [-0.25, -0.2) is 4.98 Å². The molecule has 1 unspecified atom stereocenters. The maximum absolute atomic E-state index is 10.4. The average molecular weight is 269 g/mol. The van der Waals surface area contributed by atoms with E-state index in [0.717, 1.165) is 31.2 Å². The predicted molar refractivity (Wildman–Crippen MR) is 73.7 cm³/mol. The largest absolute Gasteiger partial charge is 0.389 e. The fraction of sp³-hybridized carbons (Fsp3) is 0.643. The molecule has 100 valence electrons. The zero-order chi connectivity index (χ0) is 13.0. The molecule has 1 fully saturated rings. The first-order valence-corrected chi connectivity index (χ1v) is 7.04. The van der Waals surface area contributed by atoms with Gasteiger partial charge in [0, 0.05) is 18.8 Å². The van der Waals surface area contributed by atoms with Gasteiger partial charge in [-0.05, 0) is 37.5 Å². The molecule has 0 aromatic carbocycles. The van der Waals surface area contributed by atoms with Crippen molar-refractivity contribution in [3.05, 3.63) is 29.0 Å². The molecule has 0 spiro atoms.